The molecular formula is C12H16N4O3. The minimum absolute atomic E-state index is 0.0105. The van der Waals surface area contributed by atoms with Crippen LogP contribution in [0, 0.1) is 0 Å². The number of aromatic nitrogens is 2. The van der Waals surface area contributed by atoms with E-state index in [1.165, 1.54) is 4.90 Å². The molecule has 2 atom stereocenters. The van der Waals surface area contributed by atoms with Gasteiger partial charge in [-0.3, -0.25) is 14.4 Å². The zero-order valence-electron chi connectivity index (χ0n) is 10.7. The molecule has 1 saturated heterocycles. The van der Waals surface area contributed by atoms with Crippen molar-refractivity contribution in [3.63, 3.8) is 0 Å². The van der Waals surface area contributed by atoms with Crippen LogP contribution in [-0.2, 0) is 17.9 Å². The minimum atomic E-state index is -0.929. The average molecular weight is 264 g/mol. The van der Waals surface area contributed by atoms with Gasteiger partial charge >= 0.3 is 6.09 Å². The molecule has 102 valence electrons. The van der Waals surface area contributed by atoms with Crippen molar-refractivity contribution in [3.05, 3.63) is 17.5 Å². The molecule has 7 nitrogen and oxygen atoms in total. The van der Waals surface area contributed by atoms with Crippen molar-refractivity contribution in [2.75, 3.05) is 6.54 Å². The van der Waals surface area contributed by atoms with Crippen LogP contribution in [0.2, 0.25) is 0 Å². The van der Waals surface area contributed by atoms with Gasteiger partial charge in [0.15, 0.2) is 0 Å². The molecule has 2 aliphatic rings. The Hall–Kier alpha value is -2.05. The van der Waals surface area contributed by atoms with Gasteiger partial charge in [-0.1, -0.05) is 0 Å². The van der Waals surface area contributed by atoms with Crippen LogP contribution >= 0.6 is 0 Å². The summed E-state index contributed by atoms with van der Waals surface area (Å²) in [5.74, 6) is -0.177. The van der Waals surface area contributed by atoms with E-state index < -0.39 is 6.09 Å². The molecule has 2 amide bonds. The third-order valence-corrected chi connectivity index (χ3v) is 3.94. The maximum atomic E-state index is 11.8. The maximum Gasteiger partial charge on any atom is 0.407 e. The highest BCUT2D eigenvalue weighted by Gasteiger charge is 2.34. The third-order valence-electron chi connectivity index (χ3n) is 3.94. The van der Waals surface area contributed by atoms with Gasteiger partial charge in [-0.15, -0.1) is 0 Å². The van der Waals surface area contributed by atoms with E-state index in [-0.39, 0.29) is 17.9 Å². The summed E-state index contributed by atoms with van der Waals surface area (Å²) in [4.78, 5) is 24.4. The summed E-state index contributed by atoms with van der Waals surface area (Å²) in [6.07, 6.45) is 1.53. The SMILES string of the molecule is C[C@H]1Cn2ncc(C3CCNC3=O)c2CN1C(=O)O. The molecule has 2 aliphatic heterocycles. The molecule has 1 unspecified atom stereocenters. The Labute approximate surface area is 110 Å². The normalized spacial score (nSPS) is 26.2. The van der Waals surface area contributed by atoms with Crippen molar-refractivity contribution in [2.24, 2.45) is 0 Å². The lowest BCUT2D eigenvalue weighted by atomic mass is 9.97. The number of carboxylic acid groups (broad SMARTS) is 1. The molecule has 0 saturated carbocycles. The van der Waals surface area contributed by atoms with Crippen LogP contribution in [-0.4, -0.2) is 44.4 Å². The lowest BCUT2D eigenvalue weighted by Crippen LogP contribution is -2.44. The summed E-state index contributed by atoms with van der Waals surface area (Å²) in [6, 6.07) is -0.102. The van der Waals surface area contributed by atoms with Crippen molar-refractivity contribution in [1.29, 1.82) is 0 Å². The molecule has 19 heavy (non-hydrogen) atoms. The lowest BCUT2D eigenvalue weighted by Gasteiger charge is -2.32. The number of fused-ring (bicyclic) bond motifs is 1. The van der Waals surface area contributed by atoms with E-state index in [1.807, 2.05) is 11.6 Å². The first-order valence-electron chi connectivity index (χ1n) is 6.39. The molecule has 0 spiro atoms. The van der Waals surface area contributed by atoms with Crippen molar-refractivity contribution >= 4 is 12.0 Å². The molecule has 3 rings (SSSR count). The zero-order chi connectivity index (χ0) is 13.6. The van der Waals surface area contributed by atoms with Crippen LogP contribution < -0.4 is 5.32 Å². The number of hydrogen-bond acceptors (Lipinski definition) is 3. The second-order valence-electron chi connectivity index (χ2n) is 5.12. The summed E-state index contributed by atoms with van der Waals surface area (Å²) in [6.45, 7) is 3.37. The number of carbonyl (C=O) groups excluding carboxylic acids is 1. The molecule has 0 aromatic carbocycles. The fraction of sp³-hybridized carbons (Fsp3) is 0.583. The third kappa shape index (κ3) is 1.85. The van der Waals surface area contributed by atoms with E-state index in [2.05, 4.69) is 10.4 Å². The molecule has 2 N–H and O–H groups in total. The highest BCUT2D eigenvalue weighted by Crippen LogP contribution is 2.30. The average Bonchev–Trinajstić information content (AvgIpc) is 2.93. The number of amides is 2. The Bertz CT molecular complexity index is 539. The van der Waals surface area contributed by atoms with E-state index in [9.17, 15) is 14.7 Å². The van der Waals surface area contributed by atoms with Crippen molar-refractivity contribution in [1.82, 2.24) is 20.0 Å². The fourth-order valence-electron chi connectivity index (χ4n) is 2.86. The van der Waals surface area contributed by atoms with Crippen LogP contribution in [0.4, 0.5) is 4.79 Å². The number of carbonyl (C=O) groups is 2. The van der Waals surface area contributed by atoms with Crippen LogP contribution in [0.25, 0.3) is 0 Å². The Balaban J connectivity index is 1.95. The predicted octanol–water partition coefficient (Wildman–Crippen LogP) is 0.369. The van der Waals surface area contributed by atoms with Gasteiger partial charge < -0.3 is 10.4 Å². The zero-order valence-corrected chi connectivity index (χ0v) is 10.7. The van der Waals surface area contributed by atoms with Gasteiger partial charge in [0.1, 0.15) is 0 Å². The quantitative estimate of drug-likeness (QED) is 0.767. The van der Waals surface area contributed by atoms with Crippen LogP contribution in [0.5, 0.6) is 0 Å². The van der Waals surface area contributed by atoms with E-state index in [0.717, 1.165) is 17.7 Å². The van der Waals surface area contributed by atoms with Gasteiger partial charge in [0.2, 0.25) is 5.91 Å². The van der Waals surface area contributed by atoms with Gasteiger partial charge in [-0.05, 0) is 13.3 Å². The molecule has 3 heterocycles. The molecular weight excluding hydrogens is 248 g/mol. The van der Waals surface area contributed by atoms with Crippen LogP contribution in [0.15, 0.2) is 6.20 Å². The van der Waals surface area contributed by atoms with Crippen LogP contribution in [0.1, 0.15) is 30.5 Å². The topological polar surface area (TPSA) is 87.5 Å². The monoisotopic (exact) mass is 264 g/mol. The summed E-state index contributed by atoms with van der Waals surface area (Å²) < 4.78 is 1.82. The first-order valence-corrected chi connectivity index (χ1v) is 6.39. The lowest BCUT2D eigenvalue weighted by molar-refractivity contribution is -0.120. The van der Waals surface area contributed by atoms with Crippen LogP contribution in [0.3, 0.4) is 0 Å². The summed E-state index contributed by atoms with van der Waals surface area (Å²) >= 11 is 0. The number of nitrogens with zero attached hydrogens (tertiary/aromatic N) is 3. The molecule has 1 aromatic rings. The van der Waals surface area contributed by atoms with Gasteiger partial charge in [-0.2, -0.15) is 5.10 Å². The smallest absolute Gasteiger partial charge is 0.407 e. The van der Waals surface area contributed by atoms with Gasteiger partial charge in [0, 0.05) is 12.1 Å². The van der Waals surface area contributed by atoms with E-state index in [0.29, 0.717) is 19.6 Å². The summed E-state index contributed by atoms with van der Waals surface area (Å²) in [5.41, 5.74) is 1.72. The summed E-state index contributed by atoms with van der Waals surface area (Å²) in [7, 11) is 0. The molecule has 0 aliphatic carbocycles. The number of rotatable bonds is 1. The molecule has 1 fully saturated rings. The Morgan fingerprint density at radius 1 is 1.58 bits per heavy atom. The maximum absolute atomic E-state index is 11.8. The number of hydrogen-bond donors (Lipinski definition) is 2. The standard InChI is InChI=1S/C12H16N4O3/c1-7-5-16-10(6-15(7)12(18)19)9(4-14-16)8-2-3-13-11(8)17/h4,7-8H,2-3,5-6H2,1H3,(H,13,17)(H,18,19)/t7-,8?/m0/s1. The summed E-state index contributed by atoms with van der Waals surface area (Å²) in [5, 5.41) is 16.3. The van der Waals surface area contributed by atoms with E-state index >= 15 is 0 Å². The van der Waals surface area contributed by atoms with Gasteiger partial charge in [-0.25, -0.2) is 4.79 Å². The Morgan fingerprint density at radius 2 is 2.37 bits per heavy atom. The Morgan fingerprint density at radius 3 is 3.00 bits per heavy atom. The number of nitrogens with one attached hydrogen (secondary N) is 1. The molecule has 0 radical (unpaired) electrons. The second-order valence-corrected chi connectivity index (χ2v) is 5.12. The van der Waals surface area contributed by atoms with Crippen molar-refractivity contribution < 1.29 is 14.7 Å². The first kappa shape index (κ1) is 12.0. The van der Waals surface area contributed by atoms with Crippen molar-refractivity contribution in [3.8, 4) is 0 Å². The first-order chi connectivity index (χ1) is 9.08. The Kier molecular flexibility index (Phi) is 2.69. The van der Waals surface area contributed by atoms with Gasteiger partial charge in [0.05, 0.1) is 36.9 Å². The van der Waals surface area contributed by atoms with E-state index in [4.69, 9.17) is 0 Å². The molecule has 0 bridgehead atoms. The minimum Gasteiger partial charge on any atom is -0.465 e. The highest BCUT2D eigenvalue weighted by atomic mass is 16.4. The molecule has 7 heteroatoms. The largest absolute Gasteiger partial charge is 0.465 e. The second kappa shape index (κ2) is 4.25. The van der Waals surface area contributed by atoms with Gasteiger partial charge in [0.25, 0.3) is 0 Å². The van der Waals surface area contributed by atoms with E-state index in [1.54, 1.807) is 6.20 Å². The highest BCUT2D eigenvalue weighted by molar-refractivity contribution is 5.85. The predicted molar refractivity (Wildman–Crippen MR) is 65.6 cm³/mol. The molecule has 1 aromatic heterocycles. The fourth-order valence-corrected chi connectivity index (χ4v) is 2.86. The van der Waals surface area contributed by atoms with Crippen molar-refractivity contribution in [2.45, 2.75) is 38.4 Å².